The fourth-order valence-electron chi connectivity index (χ4n) is 2.01. The van der Waals surface area contributed by atoms with Crippen LogP contribution in [0.15, 0.2) is 34.2 Å². The van der Waals surface area contributed by atoms with Crippen LogP contribution in [0, 0.1) is 5.82 Å². The summed E-state index contributed by atoms with van der Waals surface area (Å²) in [5, 5.41) is 0. The first-order valence-electron chi connectivity index (χ1n) is 6.22. The van der Waals surface area contributed by atoms with Gasteiger partial charge >= 0.3 is 0 Å². The summed E-state index contributed by atoms with van der Waals surface area (Å²) in [5.74, 6) is -0.773. The molecule has 1 saturated carbocycles. The Morgan fingerprint density at radius 2 is 2.15 bits per heavy atom. The van der Waals surface area contributed by atoms with E-state index >= 15 is 0 Å². The maximum Gasteiger partial charge on any atom is 0.246 e. The van der Waals surface area contributed by atoms with E-state index in [1.807, 2.05) is 0 Å². The molecule has 0 unspecified atom stereocenters. The topological polar surface area (TPSA) is 63.4 Å². The molecule has 20 heavy (non-hydrogen) atoms. The number of benzene rings is 1. The van der Waals surface area contributed by atoms with Crippen molar-refractivity contribution in [3.05, 3.63) is 40.6 Å². The number of halogens is 2. The van der Waals surface area contributed by atoms with Crippen LogP contribution >= 0.6 is 15.9 Å². The molecule has 0 heterocycles. The van der Waals surface area contributed by atoms with E-state index in [0.717, 1.165) is 12.8 Å². The van der Waals surface area contributed by atoms with E-state index in [9.17, 15) is 12.8 Å². The van der Waals surface area contributed by atoms with Crippen molar-refractivity contribution in [2.24, 2.45) is 5.73 Å². The summed E-state index contributed by atoms with van der Waals surface area (Å²) in [5.41, 5.74) is 5.63. The van der Waals surface area contributed by atoms with Crippen LogP contribution in [0.4, 0.5) is 4.39 Å². The monoisotopic (exact) mass is 362 g/mol. The van der Waals surface area contributed by atoms with Crippen LogP contribution < -0.4 is 5.73 Å². The highest BCUT2D eigenvalue weighted by molar-refractivity contribution is 9.10. The molecule has 0 aliphatic heterocycles. The second-order valence-electron chi connectivity index (χ2n) is 4.68. The summed E-state index contributed by atoms with van der Waals surface area (Å²) in [6.07, 6.45) is 3.11. The summed E-state index contributed by atoms with van der Waals surface area (Å²) < 4.78 is 41.3. The third kappa shape index (κ3) is 2.95. The van der Waals surface area contributed by atoms with Crippen LogP contribution in [0.1, 0.15) is 18.4 Å². The fraction of sp³-hybridized carbons (Fsp3) is 0.385. The molecule has 2 rings (SSSR count). The van der Waals surface area contributed by atoms with Crippen molar-refractivity contribution in [1.29, 1.82) is 0 Å². The highest BCUT2D eigenvalue weighted by Gasteiger charge is 2.38. The maximum atomic E-state index is 14.3. The first-order valence-corrected chi connectivity index (χ1v) is 8.45. The number of nitrogens with zero attached hydrogens (tertiary/aromatic N) is 1. The standard InChI is InChI=1S/C13H16BrFN2O2S/c1-2-5-17(11-3-4-11)20(18,19)12-7-10(14)6-9(8-16)13(12)15/h2,6-7,11H,1,3-5,8,16H2. The molecule has 0 radical (unpaired) electrons. The first-order chi connectivity index (χ1) is 9.41. The van der Waals surface area contributed by atoms with Crippen LogP contribution in [0.5, 0.6) is 0 Å². The molecule has 110 valence electrons. The highest BCUT2D eigenvalue weighted by Crippen LogP contribution is 2.34. The Bertz CT molecular complexity index is 630. The average molecular weight is 363 g/mol. The Kier molecular flexibility index (Phi) is 4.63. The van der Waals surface area contributed by atoms with Crippen LogP contribution in [-0.4, -0.2) is 25.3 Å². The molecule has 0 saturated heterocycles. The first kappa shape index (κ1) is 15.6. The summed E-state index contributed by atoms with van der Waals surface area (Å²) in [6, 6.07) is 2.71. The Balaban J connectivity index is 2.52. The van der Waals surface area contributed by atoms with Gasteiger partial charge in [-0.3, -0.25) is 0 Å². The zero-order valence-corrected chi connectivity index (χ0v) is 13.3. The number of hydrogen-bond donors (Lipinski definition) is 1. The van der Waals surface area contributed by atoms with Crippen molar-refractivity contribution in [3.8, 4) is 0 Å². The van der Waals surface area contributed by atoms with Gasteiger partial charge in [-0.05, 0) is 25.0 Å². The van der Waals surface area contributed by atoms with E-state index in [1.54, 1.807) is 0 Å². The highest BCUT2D eigenvalue weighted by atomic mass is 79.9. The van der Waals surface area contributed by atoms with E-state index in [4.69, 9.17) is 5.73 Å². The summed E-state index contributed by atoms with van der Waals surface area (Å²) in [7, 11) is -3.88. The van der Waals surface area contributed by atoms with Crippen molar-refractivity contribution in [2.75, 3.05) is 6.54 Å². The molecule has 0 atom stereocenters. The van der Waals surface area contributed by atoms with Gasteiger partial charge in [-0.25, -0.2) is 12.8 Å². The summed E-state index contributed by atoms with van der Waals surface area (Å²) in [6.45, 7) is 3.68. The fourth-order valence-corrected chi connectivity index (χ4v) is 4.46. The van der Waals surface area contributed by atoms with Gasteiger partial charge in [-0.2, -0.15) is 4.31 Å². The summed E-state index contributed by atoms with van der Waals surface area (Å²) >= 11 is 3.20. The van der Waals surface area contributed by atoms with Gasteiger partial charge in [0.1, 0.15) is 10.7 Å². The van der Waals surface area contributed by atoms with Gasteiger partial charge in [0.2, 0.25) is 10.0 Å². The lowest BCUT2D eigenvalue weighted by Crippen LogP contribution is -2.34. The van der Waals surface area contributed by atoms with E-state index < -0.39 is 15.8 Å². The largest absolute Gasteiger partial charge is 0.326 e. The Morgan fingerprint density at radius 1 is 1.50 bits per heavy atom. The van der Waals surface area contributed by atoms with Crippen molar-refractivity contribution in [1.82, 2.24) is 4.31 Å². The van der Waals surface area contributed by atoms with Gasteiger partial charge in [0.05, 0.1) is 0 Å². The third-order valence-corrected chi connectivity index (χ3v) is 5.52. The van der Waals surface area contributed by atoms with Crippen LogP contribution in [0.2, 0.25) is 0 Å². The Hall–Kier alpha value is -0.760. The molecule has 0 aromatic heterocycles. The lowest BCUT2D eigenvalue weighted by molar-refractivity contribution is 0.430. The number of sulfonamides is 1. The molecule has 1 fully saturated rings. The molecule has 4 nitrogen and oxygen atoms in total. The molecule has 1 aromatic rings. The SMILES string of the molecule is C=CCN(C1CC1)S(=O)(=O)c1cc(Br)cc(CN)c1F. The average Bonchev–Trinajstić information content (AvgIpc) is 3.22. The summed E-state index contributed by atoms with van der Waals surface area (Å²) in [4.78, 5) is -0.332. The molecular weight excluding hydrogens is 347 g/mol. The second kappa shape index (κ2) is 5.93. The molecule has 0 spiro atoms. The second-order valence-corrected chi connectivity index (χ2v) is 7.45. The lowest BCUT2D eigenvalue weighted by atomic mass is 10.2. The molecular formula is C13H16BrFN2O2S. The van der Waals surface area contributed by atoms with E-state index in [-0.39, 0.29) is 29.6 Å². The van der Waals surface area contributed by atoms with E-state index in [1.165, 1.54) is 22.5 Å². The quantitative estimate of drug-likeness (QED) is 0.790. The Morgan fingerprint density at radius 3 is 2.65 bits per heavy atom. The number of nitrogens with two attached hydrogens (primary N) is 1. The van der Waals surface area contributed by atoms with Gasteiger partial charge in [-0.1, -0.05) is 22.0 Å². The number of rotatable bonds is 6. The van der Waals surface area contributed by atoms with Crippen molar-refractivity contribution >= 4 is 26.0 Å². The maximum absolute atomic E-state index is 14.3. The molecule has 1 aromatic carbocycles. The van der Waals surface area contributed by atoms with E-state index in [0.29, 0.717) is 4.47 Å². The van der Waals surface area contributed by atoms with Crippen LogP contribution in [-0.2, 0) is 16.6 Å². The molecule has 7 heteroatoms. The van der Waals surface area contributed by atoms with Gasteiger partial charge < -0.3 is 5.73 Å². The minimum atomic E-state index is -3.88. The van der Waals surface area contributed by atoms with Gasteiger partial charge in [0.15, 0.2) is 0 Å². The Labute approximate surface area is 126 Å². The smallest absolute Gasteiger partial charge is 0.246 e. The zero-order valence-electron chi connectivity index (χ0n) is 10.9. The predicted octanol–water partition coefficient (Wildman–Crippen LogP) is 2.39. The van der Waals surface area contributed by atoms with Gasteiger partial charge in [-0.15, -0.1) is 6.58 Å². The minimum Gasteiger partial charge on any atom is -0.326 e. The van der Waals surface area contributed by atoms with E-state index in [2.05, 4.69) is 22.5 Å². The van der Waals surface area contributed by atoms with Gasteiger partial charge in [0.25, 0.3) is 0 Å². The zero-order chi connectivity index (χ0) is 14.9. The lowest BCUT2D eigenvalue weighted by Gasteiger charge is -2.21. The van der Waals surface area contributed by atoms with Crippen molar-refractivity contribution < 1.29 is 12.8 Å². The molecule has 0 bridgehead atoms. The predicted molar refractivity (Wildman–Crippen MR) is 79.1 cm³/mol. The van der Waals surface area contributed by atoms with Gasteiger partial charge in [0, 0.05) is 29.2 Å². The van der Waals surface area contributed by atoms with Crippen molar-refractivity contribution in [3.63, 3.8) is 0 Å². The van der Waals surface area contributed by atoms with Crippen LogP contribution in [0.3, 0.4) is 0 Å². The van der Waals surface area contributed by atoms with Crippen LogP contribution in [0.25, 0.3) is 0 Å². The molecule has 1 aliphatic carbocycles. The van der Waals surface area contributed by atoms with Crippen molar-refractivity contribution in [2.45, 2.75) is 30.3 Å². The molecule has 1 aliphatic rings. The minimum absolute atomic E-state index is 0.0569. The molecule has 0 amide bonds. The normalized spacial score (nSPS) is 15.6. The third-order valence-electron chi connectivity index (χ3n) is 3.15. The number of hydrogen-bond acceptors (Lipinski definition) is 3. The molecule has 2 N–H and O–H groups in total.